The molecule has 0 saturated carbocycles. The van der Waals surface area contributed by atoms with E-state index in [4.69, 9.17) is 16.3 Å². The minimum atomic E-state index is -0.809. The lowest BCUT2D eigenvalue weighted by molar-refractivity contribution is -0.132. The smallest absolute Gasteiger partial charge is 0.414 e. The number of guanidine groups is 1. The van der Waals surface area contributed by atoms with Gasteiger partial charge in [-0.3, -0.25) is 15.0 Å². The molecule has 2 amide bonds. The van der Waals surface area contributed by atoms with E-state index < -0.39 is 17.2 Å². The Morgan fingerprint density at radius 2 is 2.19 bits per heavy atom. The summed E-state index contributed by atoms with van der Waals surface area (Å²) in [6.45, 7) is 13.6. The Labute approximate surface area is 162 Å². The highest BCUT2D eigenvalue weighted by Crippen LogP contribution is 2.46. The molecular formula is C18H23N5O3S. The molecule has 9 heteroatoms. The van der Waals surface area contributed by atoms with Crippen molar-refractivity contribution in [3.8, 4) is 0 Å². The van der Waals surface area contributed by atoms with E-state index in [-0.39, 0.29) is 17.8 Å². The summed E-state index contributed by atoms with van der Waals surface area (Å²) in [5.74, 6) is -0.314. The van der Waals surface area contributed by atoms with E-state index in [2.05, 4.69) is 10.2 Å². The van der Waals surface area contributed by atoms with Gasteiger partial charge in [0.25, 0.3) is 0 Å². The Balaban J connectivity index is 2.02. The summed E-state index contributed by atoms with van der Waals surface area (Å²) in [5.41, 5.74) is -0.939. The molecule has 3 heterocycles. The van der Waals surface area contributed by atoms with E-state index in [9.17, 15) is 9.59 Å². The van der Waals surface area contributed by atoms with Crippen LogP contribution in [0.3, 0.4) is 0 Å². The van der Waals surface area contributed by atoms with Crippen molar-refractivity contribution < 1.29 is 14.3 Å². The average molecular weight is 389 g/mol. The third kappa shape index (κ3) is 3.55. The van der Waals surface area contributed by atoms with E-state index in [0.29, 0.717) is 18.8 Å². The molecule has 1 N–H and O–H groups in total. The summed E-state index contributed by atoms with van der Waals surface area (Å²) in [4.78, 5) is 37.8. The van der Waals surface area contributed by atoms with Crippen LogP contribution >= 0.6 is 11.3 Å². The van der Waals surface area contributed by atoms with Gasteiger partial charge in [-0.05, 0) is 39.3 Å². The quantitative estimate of drug-likeness (QED) is 0.748. The first-order valence-electron chi connectivity index (χ1n) is 8.58. The van der Waals surface area contributed by atoms with E-state index in [1.54, 1.807) is 39.3 Å². The summed E-state index contributed by atoms with van der Waals surface area (Å²) >= 11 is 1.42. The van der Waals surface area contributed by atoms with Crippen molar-refractivity contribution in [3.63, 3.8) is 0 Å². The molecule has 0 spiro atoms. The fraction of sp³-hybridized carbons (Fsp3) is 0.556. The third-order valence-corrected chi connectivity index (χ3v) is 5.67. The van der Waals surface area contributed by atoms with Crippen molar-refractivity contribution in [1.29, 1.82) is 0 Å². The number of hydrogen-bond donors (Lipinski definition) is 1. The second kappa shape index (κ2) is 6.62. The number of thiophene rings is 1. The maximum absolute atomic E-state index is 13.1. The van der Waals surface area contributed by atoms with Crippen LogP contribution in [0, 0.1) is 12.5 Å². The molecule has 2 atom stereocenters. The van der Waals surface area contributed by atoms with Crippen LogP contribution in [0.5, 0.6) is 0 Å². The molecule has 1 aromatic heterocycles. The normalized spacial score (nSPS) is 25.6. The number of ether oxygens (including phenoxy) is 1. The van der Waals surface area contributed by atoms with Crippen LogP contribution in [-0.2, 0) is 15.1 Å². The number of carbonyl (C=O) groups is 2. The highest BCUT2D eigenvalue weighted by atomic mass is 32.1. The highest BCUT2D eigenvalue weighted by Gasteiger charge is 2.55. The first-order valence-corrected chi connectivity index (χ1v) is 9.46. The second-order valence-electron chi connectivity index (χ2n) is 7.91. The van der Waals surface area contributed by atoms with Crippen LogP contribution in [0.4, 0.5) is 10.5 Å². The fourth-order valence-corrected chi connectivity index (χ4v) is 4.48. The Morgan fingerprint density at radius 1 is 1.48 bits per heavy atom. The topological polar surface area (TPSA) is 78.6 Å². The van der Waals surface area contributed by atoms with Crippen molar-refractivity contribution in [2.24, 2.45) is 10.9 Å². The summed E-state index contributed by atoms with van der Waals surface area (Å²) in [5, 5.41) is 4.39. The fourth-order valence-electron chi connectivity index (χ4n) is 3.47. The van der Waals surface area contributed by atoms with Gasteiger partial charge in [0, 0.05) is 25.0 Å². The van der Waals surface area contributed by atoms with Gasteiger partial charge in [0.2, 0.25) is 11.9 Å². The maximum atomic E-state index is 13.1. The zero-order valence-corrected chi connectivity index (χ0v) is 16.9. The number of likely N-dealkylation sites (N-methyl/N-ethyl adjacent to an activating group) is 1. The first-order chi connectivity index (χ1) is 12.6. The molecule has 2 aliphatic heterocycles. The van der Waals surface area contributed by atoms with Gasteiger partial charge in [-0.2, -0.15) is 11.3 Å². The van der Waals surface area contributed by atoms with Crippen LogP contribution in [-0.4, -0.2) is 60.5 Å². The van der Waals surface area contributed by atoms with Crippen molar-refractivity contribution in [2.75, 3.05) is 27.2 Å². The predicted octanol–water partition coefficient (Wildman–Crippen LogP) is 2.41. The highest BCUT2D eigenvalue weighted by molar-refractivity contribution is 7.10. The number of alkyl carbamates (subject to hydrolysis) is 1. The van der Waals surface area contributed by atoms with Crippen molar-refractivity contribution in [1.82, 2.24) is 15.1 Å². The number of likely N-dealkylation sites (tertiary alicyclic amines) is 1. The molecule has 1 aromatic rings. The number of fused-ring (bicyclic) bond motifs is 1. The molecule has 0 aliphatic carbocycles. The summed E-state index contributed by atoms with van der Waals surface area (Å²) in [6, 6.07) is 1.79. The summed E-state index contributed by atoms with van der Waals surface area (Å²) < 4.78 is 5.30. The maximum Gasteiger partial charge on any atom is 0.414 e. The van der Waals surface area contributed by atoms with Gasteiger partial charge in [0.1, 0.15) is 11.1 Å². The van der Waals surface area contributed by atoms with Crippen LogP contribution in [0.1, 0.15) is 25.6 Å². The standard InChI is InChI=1S/C18H23N5O3S/c1-17(2,3)26-16(25)20-15-21-18(13-7-11(19-4)9-27-13)10-22(5)8-12(18)14(24)23(15)6/h7,9,12H,8,10H2,1-3,5-6H3,(H,20,21,25)/t12-,18-/m0/s1. The molecule has 0 bridgehead atoms. The molecule has 1 saturated heterocycles. The van der Waals surface area contributed by atoms with Crippen LogP contribution in [0.2, 0.25) is 0 Å². The number of hydrogen-bond acceptors (Lipinski definition) is 6. The van der Waals surface area contributed by atoms with Gasteiger partial charge < -0.3 is 9.64 Å². The van der Waals surface area contributed by atoms with Crippen molar-refractivity contribution in [2.45, 2.75) is 31.9 Å². The van der Waals surface area contributed by atoms with E-state index in [1.807, 2.05) is 11.9 Å². The molecule has 3 rings (SSSR count). The van der Waals surface area contributed by atoms with Crippen LogP contribution < -0.4 is 5.32 Å². The molecular weight excluding hydrogens is 366 g/mol. The molecule has 8 nitrogen and oxygen atoms in total. The molecule has 2 aliphatic rings. The van der Waals surface area contributed by atoms with Gasteiger partial charge >= 0.3 is 6.09 Å². The number of rotatable bonds is 1. The van der Waals surface area contributed by atoms with Crippen molar-refractivity contribution >= 4 is 35.0 Å². The minimum Gasteiger partial charge on any atom is -0.444 e. The average Bonchev–Trinajstić information content (AvgIpc) is 3.15. The molecule has 0 unspecified atom stereocenters. The number of nitrogens with zero attached hydrogens (tertiary/aromatic N) is 4. The largest absolute Gasteiger partial charge is 0.444 e. The zero-order chi connectivity index (χ0) is 20.0. The Morgan fingerprint density at radius 3 is 2.78 bits per heavy atom. The van der Waals surface area contributed by atoms with Gasteiger partial charge in [0.05, 0.1) is 12.5 Å². The van der Waals surface area contributed by atoms with E-state index >= 15 is 0 Å². The molecule has 0 radical (unpaired) electrons. The lowest BCUT2D eigenvalue weighted by atomic mass is 9.83. The van der Waals surface area contributed by atoms with Crippen LogP contribution in [0.15, 0.2) is 16.4 Å². The molecule has 144 valence electrons. The molecule has 27 heavy (non-hydrogen) atoms. The number of aliphatic imine (C=N–C) groups is 1. The lowest BCUT2D eigenvalue weighted by Gasteiger charge is -2.38. The predicted molar refractivity (Wildman–Crippen MR) is 103 cm³/mol. The number of carbonyl (C=O) groups excluding carboxylic acids is 2. The van der Waals surface area contributed by atoms with Gasteiger partial charge in [-0.25, -0.2) is 14.6 Å². The molecule has 0 aromatic carbocycles. The minimum absolute atomic E-state index is 0.113. The Kier molecular flexibility index (Phi) is 4.74. The lowest BCUT2D eigenvalue weighted by Crippen LogP contribution is -2.56. The number of nitrogens with one attached hydrogen (secondary N) is 1. The second-order valence-corrected chi connectivity index (χ2v) is 8.83. The van der Waals surface area contributed by atoms with Gasteiger partial charge in [-0.15, -0.1) is 0 Å². The van der Waals surface area contributed by atoms with Crippen LogP contribution in [0.25, 0.3) is 4.85 Å². The summed E-state index contributed by atoms with van der Waals surface area (Å²) in [7, 11) is 3.53. The van der Waals surface area contributed by atoms with E-state index in [1.165, 1.54) is 16.2 Å². The summed E-state index contributed by atoms with van der Waals surface area (Å²) in [6.07, 6.45) is -0.658. The Bertz CT molecular complexity index is 850. The third-order valence-electron chi connectivity index (χ3n) is 4.59. The SMILES string of the molecule is [C-]#[N+]c1csc([C@]23CN(C)C[C@H]2C(=O)N(C)C(NC(=O)OC(C)(C)C)=N3)c1. The van der Waals surface area contributed by atoms with Gasteiger partial charge in [0.15, 0.2) is 5.69 Å². The monoisotopic (exact) mass is 389 g/mol. The van der Waals surface area contributed by atoms with Gasteiger partial charge in [-0.1, -0.05) is 0 Å². The number of amides is 2. The van der Waals surface area contributed by atoms with Crippen molar-refractivity contribution in [3.05, 3.63) is 27.7 Å². The zero-order valence-electron chi connectivity index (χ0n) is 16.1. The first kappa shape index (κ1) is 19.3. The molecule has 1 fully saturated rings. The Hall–Kier alpha value is -2.44. The van der Waals surface area contributed by atoms with E-state index in [0.717, 1.165) is 4.88 Å².